The predicted molar refractivity (Wildman–Crippen MR) is 44.8 cm³/mol. The van der Waals surface area contributed by atoms with Crippen LogP contribution in [0.4, 0.5) is 4.79 Å². The molecule has 12 heavy (non-hydrogen) atoms. The van der Waals surface area contributed by atoms with Crippen LogP contribution in [0.25, 0.3) is 0 Å². The first-order valence-corrected chi connectivity index (χ1v) is 4.65. The minimum Gasteiger partial charge on any atom is -0.453 e. The molecule has 2 rings (SSSR count). The van der Waals surface area contributed by atoms with E-state index >= 15 is 0 Å². The van der Waals surface area contributed by atoms with Gasteiger partial charge in [-0.2, -0.15) is 0 Å². The molecule has 0 aliphatic heterocycles. The van der Waals surface area contributed by atoms with Crippen molar-refractivity contribution in [2.45, 2.75) is 31.7 Å². The lowest BCUT2D eigenvalue weighted by molar-refractivity contribution is 0.163. The Kier molecular flexibility index (Phi) is 1.95. The van der Waals surface area contributed by atoms with Crippen LogP contribution in [0, 0.1) is 11.8 Å². The third kappa shape index (κ3) is 1.17. The molecule has 0 aromatic carbocycles. The van der Waals surface area contributed by atoms with Crippen LogP contribution in [0.3, 0.4) is 0 Å². The Morgan fingerprint density at radius 2 is 1.75 bits per heavy atom. The van der Waals surface area contributed by atoms with Crippen LogP contribution < -0.4 is 5.32 Å². The van der Waals surface area contributed by atoms with Crippen molar-refractivity contribution >= 4 is 6.09 Å². The van der Waals surface area contributed by atoms with Crippen molar-refractivity contribution in [3.8, 4) is 0 Å². The molecule has 1 amide bonds. The maximum Gasteiger partial charge on any atom is 0.407 e. The third-order valence-electron chi connectivity index (χ3n) is 3.30. The molecule has 0 unspecified atom stereocenters. The van der Waals surface area contributed by atoms with Gasteiger partial charge in [-0.1, -0.05) is 0 Å². The summed E-state index contributed by atoms with van der Waals surface area (Å²) in [6.07, 6.45) is 4.90. The molecule has 2 fully saturated rings. The van der Waals surface area contributed by atoms with Gasteiger partial charge in [-0.05, 0) is 37.5 Å². The van der Waals surface area contributed by atoms with E-state index in [0.29, 0.717) is 6.04 Å². The zero-order valence-corrected chi connectivity index (χ0v) is 7.38. The molecule has 0 heterocycles. The summed E-state index contributed by atoms with van der Waals surface area (Å²) in [5, 5.41) is 2.93. The molecule has 1 N–H and O–H groups in total. The van der Waals surface area contributed by atoms with Gasteiger partial charge in [0.1, 0.15) is 0 Å². The number of amides is 1. The number of hydrogen-bond donors (Lipinski definition) is 1. The van der Waals surface area contributed by atoms with Crippen LogP contribution in [0.5, 0.6) is 0 Å². The lowest BCUT2D eigenvalue weighted by Crippen LogP contribution is -2.37. The fourth-order valence-corrected chi connectivity index (χ4v) is 2.68. The molecule has 0 saturated heterocycles. The Labute approximate surface area is 72.5 Å². The second-order valence-corrected chi connectivity index (χ2v) is 3.84. The molecule has 0 aromatic rings. The normalized spacial score (nSPS) is 38.2. The fourth-order valence-electron chi connectivity index (χ4n) is 2.68. The molecule has 2 aliphatic carbocycles. The summed E-state index contributed by atoms with van der Waals surface area (Å²) in [5.41, 5.74) is 0. The predicted octanol–water partition coefficient (Wildman–Crippen LogP) is 1.53. The van der Waals surface area contributed by atoms with E-state index in [4.69, 9.17) is 0 Å². The van der Waals surface area contributed by atoms with Gasteiger partial charge in [-0.25, -0.2) is 4.79 Å². The van der Waals surface area contributed by atoms with Crippen LogP contribution in [0.2, 0.25) is 0 Å². The summed E-state index contributed by atoms with van der Waals surface area (Å²) in [5.74, 6) is 1.46. The van der Waals surface area contributed by atoms with Crippen molar-refractivity contribution in [1.82, 2.24) is 5.32 Å². The summed E-state index contributed by atoms with van der Waals surface area (Å²) < 4.78 is 4.59. The molecular formula is C9H15NO2. The van der Waals surface area contributed by atoms with Gasteiger partial charge in [0.05, 0.1) is 7.11 Å². The molecule has 68 valence electrons. The lowest BCUT2D eigenvalue weighted by atomic mass is 10.0. The number of alkyl carbamates (subject to hydrolysis) is 1. The number of methoxy groups -OCH3 is 1. The Morgan fingerprint density at radius 3 is 2.17 bits per heavy atom. The van der Waals surface area contributed by atoms with E-state index < -0.39 is 0 Å². The Bertz CT molecular complexity index is 173. The average molecular weight is 169 g/mol. The molecule has 2 bridgehead atoms. The fraction of sp³-hybridized carbons (Fsp3) is 0.889. The highest BCUT2D eigenvalue weighted by Crippen LogP contribution is 2.44. The maximum absolute atomic E-state index is 11.0. The quantitative estimate of drug-likeness (QED) is 0.646. The van der Waals surface area contributed by atoms with Gasteiger partial charge in [-0.15, -0.1) is 0 Å². The summed E-state index contributed by atoms with van der Waals surface area (Å²) in [6.45, 7) is 0. The van der Waals surface area contributed by atoms with Gasteiger partial charge in [0.15, 0.2) is 0 Å². The number of fused-ring (bicyclic) bond motifs is 2. The number of nitrogens with one attached hydrogen (secondary N) is 1. The molecule has 2 aliphatic rings. The Hall–Kier alpha value is -0.730. The van der Waals surface area contributed by atoms with Crippen LogP contribution in [-0.2, 0) is 4.74 Å². The largest absolute Gasteiger partial charge is 0.453 e. The molecular weight excluding hydrogens is 154 g/mol. The lowest BCUT2D eigenvalue weighted by Gasteiger charge is -2.15. The first-order valence-electron chi connectivity index (χ1n) is 4.65. The van der Waals surface area contributed by atoms with Crippen molar-refractivity contribution in [2.24, 2.45) is 11.8 Å². The zero-order chi connectivity index (χ0) is 8.55. The number of hydrogen-bond acceptors (Lipinski definition) is 2. The van der Waals surface area contributed by atoms with E-state index in [1.165, 1.54) is 32.8 Å². The van der Waals surface area contributed by atoms with Crippen LogP contribution in [-0.4, -0.2) is 19.2 Å². The van der Waals surface area contributed by atoms with Gasteiger partial charge >= 0.3 is 6.09 Å². The zero-order valence-electron chi connectivity index (χ0n) is 7.38. The standard InChI is InChI=1S/C9H15NO2/c1-12-9(11)10-8-6-2-3-7(8)5-4-6/h6-8H,2-5H2,1H3,(H,10,11). The van der Waals surface area contributed by atoms with E-state index in [1.54, 1.807) is 0 Å². The average Bonchev–Trinajstić information content (AvgIpc) is 2.65. The third-order valence-corrected chi connectivity index (χ3v) is 3.30. The van der Waals surface area contributed by atoms with Crippen LogP contribution in [0.1, 0.15) is 25.7 Å². The second kappa shape index (κ2) is 2.96. The number of ether oxygens (including phenoxy) is 1. The molecule has 2 saturated carbocycles. The van der Waals surface area contributed by atoms with Gasteiger partial charge < -0.3 is 10.1 Å². The number of carbonyl (C=O) groups excluding carboxylic acids is 1. The maximum atomic E-state index is 11.0. The van der Waals surface area contributed by atoms with E-state index in [-0.39, 0.29) is 6.09 Å². The highest BCUT2D eigenvalue weighted by molar-refractivity contribution is 5.67. The summed E-state index contributed by atoms with van der Waals surface area (Å²) in [4.78, 5) is 11.0. The molecule has 0 atom stereocenters. The van der Waals surface area contributed by atoms with E-state index in [2.05, 4.69) is 10.1 Å². The first-order chi connectivity index (χ1) is 5.81. The van der Waals surface area contributed by atoms with Crippen LogP contribution in [0.15, 0.2) is 0 Å². The molecule has 3 heteroatoms. The van der Waals surface area contributed by atoms with E-state index in [1.807, 2.05) is 0 Å². The number of rotatable bonds is 1. The minimum atomic E-state index is -0.265. The Morgan fingerprint density at radius 1 is 1.25 bits per heavy atom. The smallest absolute Gasteiger partial charge is 0.407 e. The molecule has 0 aromatic heterocycles. The summed E-state index contributed by atoms with van der Waals surface area (Å²) in [6, 6.07) is 0.414. The van der Waals surface area contributed by atoms with Crippen molar-refractivity contribution in [3.63, 3.8) is 0 Å². The Balaban J connectivity index is 1.92. The topological polar surface area (TPSA) is 38.3 Å². The van der Waals surface area contributed by atoms with Crippen molar-refractivity contribution < 1.29 is 9.53 Å². The van der Waals surface area contributed by atoms with E-state index in [0.717, 1.165) is 11.8 Å². The molecule has 0 radical (unpaired) electrons. The van der Waals surface area contributed by atoms with Crippen molar-refractivity contribution in [1.29, 1.82) is 0 Å². The van der Waals surface area contributed by atoms with E-state index in [9.17, 15) is 4.79 Å². The van der Waals surface area contributed by atoms with Gasteiger partial charge in [0.25, 0.3) is 0 Å². The second-order valence-electron chi connectivity index (χ2n) is 3.84. The molecule has 0 spiro atoms. The molecule has 3 nitrogen and oxygen atoms in total. The number of carbonyl (C=O) groups is 1. The van der Waals surface area contributed by atoms with Crippen molar-refractivity contribution in [2.75, 3.05) is 7.11 Å². The van der Waals surface area contributed by atoms with Gasteiger partial charge in [-0.3, -0.25) is 0 Å². The summed E-state index contributed by atoms with van der Waals surface area (Å²) in [7, 11) is 1.42. The monoisotopic (exact) mass is 169 g/mol. The SMILES string of the molecule is COC(=O)NC1C2CCC1CC2. The first kappa shape index (κ1) is 7.90. The van der Waals surface area contributed by atoms with Crippen LogP contribution >= 0.6 is 0 Å². The van der Waals surface area contributed by atoms with Crippen molar-refractivity contribution in [3.05, 3.63) is 0 Å². The highest BCUT2D eigenvalue weighted by Gasteiger charge is 2.42. The minimum absolute atomic E-state index is 0.265. The summed E-state index contributed by atoms with van der Waals surface area (Å²) >= 11 is 0. The highest BCUT2D eigenvalue weighted by atomic mass is 16.5. The van der Waals surface area contributed by atoms with Gasteiger partial charge in [0, 0.05) is 6.04 Å². The van der Waals surface area contributed by atoms with Gasteiger partial charge in [0.2, 0.25) is 0 Å².